The molecule has 0 aliphatic heterocycles. The van der Waals surface area contributed by atoms with Crippen molar-refractivity contribution in [2.45, 2.75) is 25.7 Å². The average molecular weight is 400 g/mol. The molecule has 2 aromatic carbocycles. The van der Waals surface area contributed by atoms with Gasteiger partial charge in [0.05, 0.1) is 24.1 Å². The Bertz CT molecular complexity index is 1280. The number of fused-ring (bicyclic) bond motifs is 3. The Labute approximate surface area is 173 Å². The zero-order valence-corrected chi connectivity index (χ0v) is 16.7. The van der Waals surface area contributed by atoms with Gasteiger partial charge in [0, 0.05) is 12.3 Å². The van der Waals surface area contributed by atoms with E-state index in [-0.39, 0.29) is 23.9 Å². The molecule has 1 unspecified atom stereocenters. The van der Waals surface area contributed by atoms with Gasteiger partial charge in [-0.25, -0.2) is 4.52 Å². The highest BCUT2D eigenvalue weighted by Gasteiger charge is 2.32. The number of methoxy groups -OCH3 is 1. The summed E-state index contributed by atoms with van der Waals surface area (Å²) >= 11 is 0. The molecule has 1 aliphatic rings. The summed E-state index contributed by atoms with van der Waals surface area (Å²) in [7, 11) is 1.63. The Morgan fingerprint density at radius 2 is 1.83 bits per heavy atom. The molecule has 150 valence electrons. The highest BCUT2D eigenvalue weighted by Crippen LogP contribution is 2.37. The number of carbonyl (C=O) groups is 1. The lowest BCUT2D eigenvalue weighted by Crippen LogP contribution is -2.24. The van der Waals surface area contributed by atoms with Crippen molar-refractivity contribution >= 4 is 11.4 Å². The molecule has 0 saturated carbocycles. The van der Waals surface area contributed by atoms with Crippen LogP contribution < -0.4 is 4.74 Å². The number of hydrogen-bond donors (Lipinski definition) is 1. The van der Waals surface area contributed by atoms with Gasteiger partial charge >= 0.3 is 0 Å². The third-order valence-corrected chi connectivity index (χ3v) is 5.70. The van der Waals surface area contributed by atoms with Gasteiger partial charge in [0.25, 0.3) is 0 Å². The number of Topliss-reactive ketones (excluding diaryl/α,β-unsaturated/α-hetero) is 1. The summed E-state index contributed by atoms with van der Waals surface area (Å²) < 4.78 is 6.98. The minimum absolute atomic E-state index is 0.0851. The summed E-state index contributed by atoms with van der Waals surface area (Å²) in [6.45, 7) is 1.92. The Hall–Kier alpha value is -3.74. The quantitative estimate of drug-likeness (QED) is 0.564. The Morgan fingerprint density at radius 1 is 1.07 bits per heavy atom. The van der Waals surface area contributed by atoms with Gasteiger partial charge < -0.3 is 9.84 Å². The van der Waals surface area contributed by atoms with E-state index in [1.54, 1.807) is 23.8 Å². The van der Waals surface area contributed by atoms with Crippen LogP contribution in [0.5, 0.6) is 11.5 Å². The molecule has 30 heavy (non-hydrogen) atoms. The number of hydrogen-bond acceptors (Lipinski definition) is 6. The molecule has 1 atom stereocenters. The predicted molar refractivity (Wildman–Crippen MR) is 111 cm³/mol. The van der Waals surface area contributed by atoms with E-state index in [4.69, 9.17) is 9.84 Å². The first kappa shape index (κ1) is 18.3. The summed E-state index contributed by atoms with van der Waals surface area (Å²) in [5.74, 6) is 0.755. The number of carbonyl (C=O) groups excluding carboxylic acids is 1. The van der Waals surface area contributed by atoms with Crippen LogP contribution in [0.2, 0.25) is 0 Å². The third kappa shape index (κ3) is 2.82. The van der Waals surface area contributed by atoms with E-state index in [9.17, 15) is 9.90 Å². The van der Waals surface area contributed by atoms with Gasteiger partial charge in [-0.15, -0.1) is 10.2 Å². The summed E-state index contributed by atoms with van der Waals surface area (Å²) in [5.41, 5.74) is 5.11. The first-order valence-corrected chi connectivity index (χ1v) is 9.77. The van der Waals surface area contributed by atoms with Crippen molar-refractivity contribution in [2.24, 2.45) is 0 Å². The number of rotatable bonds is 3. The molecule has 0 radical (unpaired) electrons. The molecule has 0 fully saturated rings. The Kier molecular flexibility index (Phi) is 4.24. The molecular weight excluding hydrogens is 380 g/mol. The van der Waals surface area contributed by atoms with Gasteiger partial charge in [0.1, 0.15) is 11.5 Å². The fourth-order valence-electron chi connectivity index (χ4n) is 4.23. The highest BCUT2D eigenvalue weighted by atomic mass is 16.5. The number of phenolic OH excluding ortho intramolecular Hbond substituents is 1. The van der Waals surface area contributed by atoms with Gasteiger partial charge in [-0.1, -0.05) is 30.3 Å². The normalized spacial score (nSPS) is 15.9. The maximum absolute atomic E-state index is 12.8. The van der Waals surface area contributed by atoms with Crippen LogP contribution in [0.4, 0.5) is 0 Å². The molecule has 5 rings (SSSR count). The molecule has 0 saturated heterocycles. The molecule has 2 heterocycles. The standard InChI is InChI=1S/C23H20N4O3/c1-13-21(14-7-9-16(30-2)10-8-14)23-25-24-22-18(27(23)26-13)11-15(12-20(22)29)17-5-3-4-6-19(17)28/h3-10,15,28H,11-12H2,1-2H3. The van der Waals surface area contributed by atoms with Crippen LogP contribution in [0.3, 0.4) is 0 Å². The zero-order valence-electron chi connectivity index (χ0n) is 16.7. The van der Waals surface area contributed by atoms with Crippen LogP contribution in [0.25, 0.3) is 16.8 Å². The van der Waals surface area contributed by atoms with Crippen LogP contribution in [-0.4, -0.2) is 37.8 Å². The minimum atomic E-state index is -0.132. The van der Waals surface area contributed by atoms with Gasteiger partial charge in [-0.05, 0) is 42.7 Å². The summed E-state index contributed by atoms with van der Waals surface area (Å²) in [5, 5.41) is 23.6. The first-order chi connectivity index (χ1) is 14.6. The monoisotopic (exact) mass is 400 g/mol. The molecule has 7 heteroatoms. The Morgan fingerprint density at radius 3 is 2.57 bits per heavy atom. The number of ketones is 1. The molecule has 0 spiro atoms. The smallest absolute Gasteiger partial charge is 0.185 e. The number of benzene rings is 2. The number of aromatic hydroxyl groups is 1. The largest absolute Gasteiger partial charge is 0.508 e. The van der Waals surface area contributed by atoms with Crippen LogP contribution in [0.1, 0.15) is 39.8 Å². The van der Waals surface area contributed by atoms with E-state index in [0.717, 1.165) is 33.8 Å². The van der Waals surface area contributed by atoms with E-state index < -0.39 is 0 Å². The third-order valence-electron chi connectivity index (χ3n) is 5.70. The average Bonchev–Trinajstić information content (AvgIpc) is 3.10. The zero-order chi connectivity index (χ0) is 20.8. The summed E-state index contributed by atoms with van der Waals surface area (Å²) in [6.07, 6.45) is 0.837. The highest BCUT2D eigenvalue weighted by molar-refractivity contribution is 5.97. The van der Waals surface area contributed by atoms with Gasteiger partial charge in [-0.3, -0.25) is 4.79 Å². The van der Waals surface area contributed by atoms with Crippen molar-refractivity contribution in [3.05, 3.63) is 71.2 Å². The number of para-hydroxylation sites is 1. The minimum Gasteiger partial charge on any atom is -0.508 e. The number of aryl methyl sites for hydroxylation is 1. The maximum Gasteiger partial charge on any atom is 0.185 e. The van der Waals surface area contributed by atoms with Crippen molar-refractivity contribution < 1.29 is 14.6 Å². The van der Waals surface area contributed by atoms with Crippen LogP contribution in [0, 0.1) is 6.92 Å². The fourth-order valence-corrected chi connectivity index (χ4v) is 4.23. The second kappa shape index (κ2) is 6.95. The lowest BCUT2D eigenvalue weighted by atomic mass is 9.83. The van der Waals surface area contributed by atoms with Crippen LogP contribution in [-0.2, 0) is 6.42 Å². The molecular formula is C23H20N4O3. The van der Waals surface area contributed by atoms with E-state index >= 15 is 0 Å². The van der Waals surface area contributed by atoms with Crippen molar-refractivity contribution in [3.63, 3.8) is 0 Å². The van der Waals surface area contributed by atoms with Gasteiger partial charge in [-0.2, -0.15) is 5.10 Å². The number of nitrogens with zero attached hydrogens (tertiary/aromatic N) is 4. The van der Waals surface area contributed by atoms with E-state index in [2.05, 4.69) is 10.2 Å². The molecule has 0 amide bonds. The summed E-state index contributed by atoms with van der Waals surface area (Å²) in [4.78, 5) is 12.8. The van der Waals surface area contributed by atoms with Crippen molar-refractivity contribution in [1.82, 2.24) is 19.8 Å². The molecule has 7 nitrogen and oxygen atoms in total. The van der Waals surface area contributed by atoms with E-state index in [0.29, 0.717) is 17.8 Å². The molecule has 2 aromatic heterocycles. The second-order valence-electron chi connectivity index (χ2n) is 7.51. The van der Waals surface area contributed by atoms with Crippen molar-refractivity contribution in [3.8, 4) is 22.6 Å². The van der Waals surface area contributed by atoms with Crippen molar-refractivity contribution in [1.29, 1.82) is 0 Å². The molecule has 1 N–H and O–H groups in total. The summed E-state index contributed by atoms with van der Waals surface area (Å²) in [6, 6.07) is 14.9. The molecule has 1 aliphatic carbocycles. The lowest BCUT2D eigenvalue weighted by Gasteiger charge is -2.23. The van der Waals surface area contributed by atoms with Gasteiger partial charge in [0.2, 0.25) is 0 Å². The number of ether oxygens (including phenoxy) is 1. The van der Waals surface area contributed by atoms with E-state index in [1.807, 2.05) is 43.3 Å². The SMILES string of the molecule is COc1ccc(-c2c(C)nn3c4c(nnc23)C(=O)CC(c2ccccc2O)C4)cc1. The van der Waals surface area contributed by atoms with Crippen molar-refractivity contribution in [2.75, 3.05) is 7.11 Å². The molecule has 4 aromatic rings. The maximum atomic E-state index is 12.8. The predicted octanol–water partition coefficient (Wildman–Crippen LogP) is 3.73. The van der Waals surface area contributed by atoms with Gasteiger partial charge in [0.15, 0.2) is 17.1 Å². The fraction of sp³-hybridized carbons (Fsp3) is 0.217. The van der Waals surface area contributed by atoms with Crippen LogP contribution >= 0.6 is 0 Å². The first-order valence-electron chi connectivity index (χ1n) is 9.77. The number of phenols is 1. The topological polar surface area (TPSA) is 89.6 Å². The molecule has 0 bridgehead atoms. The second-order valence-corrected chi connectivity index (χ2v) is 7.51. The van der Waals surface area contributed by atoms with E-state index in [1.165, 1.54) is 0 Å². The lowest BCUT2D eigenvalue weighted by molar-refractivity contribution is 0.0955. The van der Waals surface area contributed by atoms with Crippen LogP contribution in [0.15, 0.2) is 48.5 Å². The Balaban J connectivity index is 1.65. The number of aromatic nitrogens is 4.